The Morgan fingerprint density at radius 2 is 2.00 bits per heavy atom. The second kappa shape index (κ2) is 1.73. The van der Waals surface area contributed by atoms with Crippen molar-refractivity contribution < 1.29 is 5.11 Å². The molecule has 0 saturated carbocycles. The maximum absolute atomic E-state index is 9.20. The molecule has 0 spiro atoms. The molecular weight excluding hydrogens is 128 g/mol. The summed E-state index contributed by atoms with van der Waals surface area (Å²) in [5.74, 6) is 1.03. The van der Waals surface area contributed by atoms with Gasteiger partial charge in [0.15, 0.2) is 5.84 Å². The minimum absolute atomic E-state index is 0.270. The maximum Gasteiger partial charge on any atom is 0.177 e. The molecule has 2 N–H and O–H groups in total. The Labute approximate surface area is 58.0 Å². The highest BCUT2D eigenvalue weighted by atomic mass is 16.3. The van der Waals surface area contributed by atoms with Gasteiger partial charge in [-0.1, -0.05) is 12.1 Å². The largest absolute Gasteiger partial charge is 0.507 e. The van der Waals surface area contributed by atoms with Crippen LogP contribution in [0, 0.1) is 0 Å². The fraction of sp³-hybridized carbons (Fsp3) is 0. The standard InChI is InChI=1S/C7H6N2O/c10-6-4-2-1-3-5(6)7-8-9-7/h1-4,10H,(H,8,9). The van der Waals surface area contributed by atoms with Crippen molar-refractivity contribution in [3.63, 3.8) is 0 Å². The molecule has 0 aromatic heterocycles. The lowest BCUT2D eigenvalue weighted by molar-refractivity contribution is 0.474. The van der Waals surface area contributed by atoms with Gasteiger partial charge in [-0.25, -0.2) is 0 Å². The molecule has 0 unspecified atom stereocenters. The van der Waals surface area contributed by atoms with Gasteiger partial charge in [-0.15, -0.1) is 0 Å². The summed E-state index contributed by atoms with van der Waals surface area (Å²) in [5, 5.41) is 12.9. The average Bonchev–Trinajstić information content (AvgIpc) is 2.71. The molecule has 1 aromatic carbocycles. The van der Waals surface area contributed by atoms with E-state index < -0.39 is 0 Å². The zero-order chi connectivity index (χ0) is 6.97. The molecule has 0 fully saturated rings. The molecule has 2 rings (SSSR count). The highest BCUT2D eigenvalue weighted by Gasteiger charge is 2.14. The van der Waals surface area contributed by atoms with E-state index in [0.29, 0.717) is 0 Å². The van der Waals surface area contributed by atoms with Crippen molar-refractivity contribution in [3.05, 3.63) is 29.8 Å². The van der Waals surface area contributed by atoms with Crippen molar-refractivity contribution in [2.75, 3.05) is 0 Å². The molecule has 0 amide bonds. The fourth-order valence-corrected chi connectivity index (χ4v) is 0.822. The number of benzene rings is 1. The molecule has 1 heterocycles. The van der Waals surface area contributed by atoms with E-state index in [0.717, 1.165) is 11.4 Å². The van der Waals surface area contributed by atoms with Crippen molar-refractivity contribution in [2.24, 2.45) is 5.10 Å². The van der Waals surface area contributed by atoms with Crippen LogP contribution in [0.4, 0.5) is 0 Å². The van der Waals surface area contributed by atoms with Crippen LogP contribution in [-0.4, -0.2) is 10.9 Å². The van der Waals surface area contributed by atoms with Gasteiger partial charge in [0.05, 0.1) is 5.56 Å². The fourth-order valence-electron chi connectivity index (χ4n) is 0.822. The van der Waals surface area contributed by atoms with Gasteiger partial charge in [0.25, 0.3) is 0 Å². The molecule has 1 aliphatic rings. The van der Waals surface area contributed by atoms with Crippen molar-refractivity contribution in [1.82, 2.24) is 5.43 Å². The minimum Gasteiger partial charge on any atom is -0.507 e. The Morgan fingerprint density at radius 1 is 1.30 bits per heavy atom. The zero-order valence-electron chi connectivity index (χ0n) is 5.20. The predicted molar refractivity (Wildman–Crippen MR) is 37.8 cm³/mol. The van der Waals surface area contributed by atoms with Crippen LogP contribution in [0.25, 0.3) is 0 Å². The SMILES string of the molecule is Oc1ccccc1C1=NN1. The van der Waals surface area contributed by atoms with Crippen LogP contribution in [-0.2, 0) is 0 Å². The number of nitrogens with zero attached hydrogens (tertiary/aromatic N) is 1. The van der Waals surface area contributed by atoms with E-state index in [1.165, 1.54) is 0 Å². The van der Waals surface area contributed by atoms with E-state index in [1.54, 1.807) is 12.1 Å². The van der Waals surface area contributed by atoms with E-state index in [4.69, 9.17) is 0 Å². The van der Waals surface area contributed by atoms with Gasteiger partial charge >= 0.3 is 0 Å². The highest BCUT2D eigenvalue weighted by molar-refractivity contribution is 6.07. The summed E-state index contributed by atoms with van der Waals surface area (Å²) in [6.07, 6.45) is 0. The number of aromatic hydroxyl groups is 1. The number of phenolic OH excluding ortho intramolecular Hbond substituents is 1. The van der Waals surface area contributed by atoms with Crippen LogP contribution in [0.1, 0.15) is 5.56 Å². The van der Waals surface area contributed by atoms with Gasteiger partial charge < -0.3 is 5.11 Å². The lowest BCUT2D eigenvalue weighted by Gasteiger charge is -1.93. The molecule has 3 nitrogen and oxygen atoms in total. The first-order valence-corrected chi connectivity index (χ1v) is 3.00. The van der Waals surface area contributed by atoms with Gasteiger partial charge in [0.2, 0.25) is 0 Å². The van der Waals surface area contributed by atoms with E-state index in [9.17, 15) is 5.11 Å². The summed E-state index contributed by atoms with van der Waals surface area (Å²) in [7, 11) is 0. The number of nitrogens with one attached hydrogen (secondary N) is 1. The van der Waals surface area contributed by atoms with Crippen molar-refractivity contribution in [1.29, 1.82) is 0 Å². The van der Waals surface area contributed by atoms with Crippen molar-refractivity contribution in [2.45, 2.75) is 0 Å². The number of rotatable bonds is 1. The first-order chi connectivity index (χ1) is 4.88. The van der Waals surface area contributed by atoms with Crippen LogP contribution < -0.4 is 5.43 Å². The summed E-state index contributed by atoms with van der Waals surface area (Å²) < 4.78 is 0. The van der Waals surface area contributed by atoms with E-state index in [2.05, 4.69) is 10.5 Å². The minimum atomic E-state index is 0.270. The lowest BCUT2D eigenvalue weighted by Crippen LogP contribution is -1.94. The summed E-state index contributed by atoms with van der Waals surface area (Å²) in [6, 6.07) is 7.09. The van der Waals surface area contributed by atoms with Gasteiger partial charge in [0.1, 0.15) is 5.75 Å². The van der Waals surface area contributed by atoms with Gasteiger partial charge in [-0.3, -0.25) is 5.43 Å². The number of hydrogen-bond donors (Lipinski definition) is 2. The van der Waals surface area contributed by atoms with Crippen LogP contribution in [0.3, 0.4) is 0 Å². The monoisotopic (exact) mass is 134 g/mol. The van der Waals surface area contributed by atoms with Crippen molar-refractivity contribution >= 4 is 5.84 Å². The number of hydrazone groups is 1. The molecule has 0 bridgehead atoms. The molecule has 0 atom stereocenters. The number of hydrogen-bond acceptors (Lipinski definition) is 3. The second-order valence-electron chi connectivity index (χ2n) is 2.09. The van der Waals surface area contributed by atoms with Crippen molar-refractivity contribution in [3.8, 4) is 5.75 Å². The van der Waals surface area contributed by atoms with Gasteiger partial charge in [-0.2, -0.15) is 5.10 Å². The molecule has 3 heteroatoms. The quantitative estimate of drug-likeness (QED) is 0.592. The van der Waals surface area contributed by atoms with E-state index >= 15 is 0 Å². The third kappa shape index (κ3) is 0.719. The van der Waals surface area contributed by atoms with Crippen LogP contribution >= 0.6 is 0 Å². The number of para-hydroxylation sites is 1. The van der Waals surface area contributed by atoms with Crippen LogP contribution in [0.15, 0.2) is 29.4 Å². The number of phenols is 1. The third-order valence-electron chi connectivity index (χ3n) is 1.38. The molecule has 0 aliphatic carbocycles. The van der Waals surface area contributed by atoms with Gasteiger partial charge in [0, 0.05) is 0 Å². The smallest absolute Gasteiger partial charge is 0.177 e. The first kappa shape index (κ1) is 5.29. The molecule has 10 heavy (non-hydrogen) atoms. The lowest BCUT2D eigenvalue weighted by atomic mass is 10.2. The average molecular weight is 134 g/mol. The maximum atomic E-state index is 9.20. The Morgan fingerprint density at radius 3 is 2.60 bits per heavy atom. The van der Waals surface area contributed by atoms with Gasteiger partial charge in [-0.05, 0) is 12.1 Å². The normalized spacial score (nSPS) is 13.8. The molecular formula is C7H6N2O. The summed E-state index contributed by atoms with van der Waals surface area (Å²) in [5.41, 5.74) is 3.44. The van der Waals surface area contributed by atoms with E-state index in [-0.39, 0.29) is 5.75 Å². The summed E-state index contributed by atoms with van der Waals surface area (Å²) in [6.45, 7) is 0. The summed E-state index contributed by atoms with van der Waals surface area (Å²) >= 11 is 0. The predicted octanol–water partition coefficient (Wildman–Crippen LogP) is 0.657. The topological polar surface area (TPSA) is 54.5 Å². The van der Waals surface area contributed by atoms with Crippen LogP contribution in [0.5, 0.6) is 5.75 Å². The molecule has 0 saturated heterocycles. The Hall–Kier alpha value is -1.51. The Balaban J connectivity index is 2.49. The van der Waals surface area contributed by atoms with E-state index in [1.807, 2.05) is 12.1 Å². The number of amidine groups is 1. The zero-order valence-corrected chi connectivity index (χ0v) is 5.20. The Kier molecular flexibility index (Phi) is 0.917. The summed E-state index contributed by atoms with van der Waals surface area (Å²) in [4.78, 5) is 0. The Bertz CT molecular complexity index is 293. The molecule has 0 radical (unpaired) electrons. The first-order valence-electron chi connectivity index (χ1n) is 3.00. The van der Waals surface area contributed by atoms with Crippen LogP contribution in [0.2, 0.25) is 0 Å². The molecule has 1 aromatic rings. The highest BCUT2D eigenvalue weighted by Crippen LogP contribution is 2.18. The molecule has 1 aliphatic heterocycles. The third-order valence-corrected chi connectivity index (χ3v) is 1.38. The molecule has 50 valence electrons. The second-order valence-corrected chi connectivity index (χ2v) is 2.09.